The first-order chi connectivity index (χ1) is 6.76. The Hall–Kier alpha value is -1.77. The zero-order chi connectivity index (χ0) is 10.1. The molecule has 0 bridgehead atoms. The molecule has 0 spiro atoms. The molecule has 2 rings (SSSR count). The van der Waals surface area contributed by atoms with Crippen LogP contribution in [0.5, 0.6) is 5.75 Å². The molecule has 1 aliphatic rings. The van der Waals surface area contributed by atoms with Gasteiger partial charge in [0.25, 0.3) is 0 Å². The predicted octanol–water partition coefficient (Wildman–Crippen LogP) is 2.04. The highest BCUT2D eigenvalue weighted by atomic mass is 16.5. The molecule has 1 aromatic rings. The summed E-state index contributed by atoms with van der Waals surface area (Å²) in [5.74, 6) is 0.799. The van der Waals surface area contributed by atoms with Crippen LogP contribution in [0.4, 0.5) is 0 Å². The second-order valence-electron chi connectivity index (χ2n) is 2.87. The van der Waals surface area contributed by atoms with Gasteiger partial charge in [-0.25, -0.2) is 4.79 Å². The number of carbonyl (C=O) groups is 1. The fraction of sp³-hybridized carbons (Fsp3) is 0.0909. The van der Waals surface area contributed by atoms with Crippen LogP contribution >= 0.6 is 0 Å². The van der Waals surface area contributed by atoms with Crippen molar-refractivity contribution in [3.05, 3.63) is 42.3 Å². The van der Waals surface area contributed by atoms with Crippen molar-refractivity contribution < 1.29 is 14.3 Å². The molecule has 0 amide bonds. The Morgan fingerprint density at radius 3 is 2.86 bits per heavy atom. The molecule has 1 radical (unpaired) electrons. The summed E-state index contributed by atoms with van der Waals surface area (Å²) in [5.41, 5.74) is 1.30. The number of methoxy groups -OCH3 is 1. The van der Waals surface area contributed by atoms with Gasteiger partial charge >= 0.3 is 5.97 Å². The zero-order valence-corrected chi connectivity index (χ0v) is 7.74. The van der Waals surface area contributed by atoms with Crippen molar-refractivity contribution in [2.24, 2.45) is 0 Å². The van der Waals surface area contributed by atoms with Crippen LogP contribution in [0.25, 0.3) is 5.76 Å². The maximum absolute atomic E-state index is 11.4. The van der Waals surface area contributed by atoms with Gasteiger partial charge in [-0.05, 0) is 31.2 Å². The van der Waals surface area contributed by atoms with E-state index in [4.69, 9.17) is 9.47 Å². The summed E-state index contributed by atoms with van der Waals surface area (Å²) in [4.78, 5) is 11.4. The number of cyclic esters (lactones) is 1. The normalized spacial score (nSPS) is 16.7. The van der Waals surface area contributed by atoms with Crippen LogP contribution in [0.15, 0.2) is 24.3 Å². The van der Waals surface area contributed by atoms with E-state index in [1.807, 2.05) is 0 Å². The second kappa shape index (κ2) is 3.18. The first-order valence-electron chi connectivity index (χ1n) is 4.16. The molecule has 0 N–H and O–H groups in total. The lowest BCUT2D eigenvalue weighted by atomic mass is 10.1. The number of hydrogen-bond acceptors (Lipinski definition) is 3. The molecule has 1 aromatic carbocycles. The highest BCUT2D eigenvalue weighted by Gasteiger charge is 2.25. The van der Waals surface area contributed by atoms with Crippen LogP contribution in [0.2, 0.25) is 0 Å². The topological polar surface area (TPSA) is 35.5 Å². The minimum Gasteiger partial charge on any atom is -0.497 e. The van der Waals surface area contributed by atoms with Gasteiger partial charge in [0, 0.05) is 5.56 Å². The Bertz CT molecular complexity index is 419. The zero-order valence-electron chi connectivity index (χ0n) is 7.74. The third-order valence-corrected chi connectivity index (χ3v) is 2.10. The van der Waals surface area contributed by atoms with Crippen molar-refractivity contribution >= 4 is 11.7 Å². The molecule has 14 heavy (non-hydrogen) atoms. The number of fused-ring (bicyclic) bond motifs is 1. The third kappa shape index (κ3) is 1.18. The Kier molecular flexibility index (Phi) is 2.00. The van der Waals surface area contributed by atoms with Gasteiger partial charge in [0.2, 0.25) is 0 Å². The molecule has 0 aromatic heterocycles. The van der Waals surface area contributed by atoms with E-state index in [9.17, 15) is 4.79 Å². The monoisotopic (exact) mass is 189 g/mol. The Morgan fingerprint density at radius 2 is 2.21 bits per heavy atom. The molecule has 0 saturated heterocycles. The van der Waals surface area contributed by atoms with E-state index in [-0.39, 0.29) is 5.97 Å². The van der Waals surface area contributed by atoms with E-state index in [1.54, 1.807) is 25.3 Å². The average Bonchev–Trinajstić information content (AvgIpc) is 2.55. The van der Waals surface area contributed by atoms with Crippen molar-refractivity contribution in [1.82, 2.24) is 0 Å². The van der Waals surface area contributed by atoms with E-state index in [0.29, 0.717) is 17.1 Å². The van der Waals surface area contributed by atoms with Gasteiger partial charge in [0.15, 0.2) is 0 Å². The van der Waals surface area contributed by atoms with E-state index in [0.717, 1.165) is 5.56 Å². The standard InChI is InChI=1S/C11H9O3/c1-3-10-8-5-4-7(13-2)6-9(8)11(12)14-10/h3-6H,1H2,2H3/b10-3-. The van der Waals surface area contributed by atoms with E-state index >= 15 is 0 Å². The van der Waals surface area contributed by atoms with Gasteiger partial charge in [-0.3, -0.25) is 0 Å². The second-order valence-corrected chi connectivity index (χ2v) is 2.87. The molecule has 1 aliphatic heterocycles. The lowest BCUT2D eigenvalue weighted by Crippen LogP contribution is -1.94. The third-order valence-electron chi connectivity index (χ3n) is 2.10. The maximum Gasteiger partial charge on any atom is 0.344 e. The molecule has 3 nitrogen and oxygen atoms in total. The van der Waals surface area contributed by atoms with Crippen LogP contribution in [-0.4, -0.2) is 13.1 Å². The number of hydrogen-bond donors (Lipinski definition) is 0. The number of benzene rings is 1. The number of allylic oxidation sites excluding steroid dienone is 1. The molecule has 0 atom stereocenters. The fourth-order valence-corrected chi connectivity index (χ4v) is 1.40. The van der Waals surface area contributed by atoms with Gasteiger partial charge in [-0.2, -0.15) is 0 Å². The predicted molar refractivity (Wildman–Crippen MR) is 51.7 cm³/mol. The van der Waals surface area contributed by atoms with Crippen molar-refractivity contribution in [2.75, 3.05) is 7.11 Å². The molecule has 0 unspecified atom stereocenters. The van der Waals surface area contributed by atoms with Gasteiger partial charge in [0.1, 0.15) is 11.5 Å². The molecule has 1 heterocycles. The largest absolute Gasteiger partial charge is 0.497 e. The highest BCUT2D eigenvalue weighted by Crippen LogP contribution is 2.31. The van der Waals surface area contributed by atoms with Gasteiger partial charge in [-0.15, -0.1) is 0 Å². The number of rotatable bonds is 1. The van der Waals surface area contributed by atoms with Crippen molar-refractivity contribution in [3.63, 3.8) is 0 Å². The molecule has 0 aliphatic carbocycles. The quantitative estimate of drug-likeness (QED) is 0.634. The maximum atomic E-state index is 11.4. The van der Waals surface area contributed by atoms with Crippen LogP contribution in [-0.2, 0) is 4.74 Å². The Balaban J connectivity index is 2.57. The smallest absolute Gasteiger partial charge is 0.344 e. The van der Waals surface area contributed by atoms with E-state index in [1.165, 1.54) is 6.08 Å². The minimum atomic E-state index is -0.353. The van der Waals surface area contributed by atoms with E-state index < -0.39 is 0 Å². The summed E-state index contributed by atoms with van der Waals surface area (Å²) in [7, 11) is 1.56. The van der Waals surface area contributed by atoms with Gasteiger partial charge < -0.3 is 9.47 Å². The minimum absolute atomic E-state index is 0.353. The first kappa shape index (κ1) is 8.81. The van der Waals surface area contributed by atoms with Crippen LogP contribution < -0.4 is 4.74 Å². The lowest BCUT2D eigenvalue weighted by molar-refractivity contribution is 0.0715. The average molecular weight is 189 g/mol. The molecule has 3 heteroatoms. The number of esters is 1. The summed E-state index contributed by atoms with van der Waals surface area (Å²) in [6.45, 7) is 3.57. The van der Waals surface area contributed by atoms with Crippen LogP contribution in [0.3, 0.4) is 0 Å². The summed E-state index contributed by atoms with van der Waals surface area (Å²) in [6, 6.07) is 5.23. The number of ether oxygens (including phenoxy) is 2. The van der Waals surface area contributed by atoms with Crippen molar-refractivity contribution in [2.45, 2.75) is 0 Å². The number of carbonyl (C=O) groups excluding carboxylic acids is 1. The molecular weight excluding hydrogens is 180 g/mol. The highest BCUT2D eigenvalue weighted by molar-refractivity contribution is 6.03. The summed E-state index contributed by atoms with van der Waals surface area (Å²) < 4.78 is 10.00. The van der Waals surface area contributed by atoms with E-state index in [2.05, 4.69) is 6.92 Å². The lowest BCUT2D eigenvalue weighted by Gasteiger charge is -2.00. The SMILES string of the molecule is [CH2]/C=C1\OC(=O)c2cc(OC)ccc21. The van der Waals surface area contributed by atoms with Crippen molar-refractivity contribution in [3.8, 4) is 5.75 Å². The summed E-state index contributed by atoms with van der Waals surface area (Å²) >= 11 is 0. The molecule has 0 saturated carbocycles. The van der Waals surface area contributed by atoms with Crippen molar-refractivity contribution in [1.29, 1.82) is 0 Å². The Morgan fingerprint density at radius 1 is 1.43 bits per heavy atom. The first-order valence-corrected chi connectivity index (χ1v) is 4.16. The Labute approximate surface area is 81.9 Å². The fourth-order valence-electron chi connectivity index (χ4n) is 1.40. The molecule has 71 valence electrons. The van der Waals surface area contributed by atoms with Crippen LogP contribution in [0.1, 0.15) is 15.9 Å². The summed E-state index contributed by atoms with van der Waals surface area (Å²) in [5, 5.41) is 0. The van der Waals surface area contributed by atoms with Gasteiger partial charge in [0.05, 0.1) is 12.7 Å². The van der Waals surface area contributed by atoms with Gasteiger partial charge in [-0.1, -0.05) is 0 Å². The summed E-state index contributed by atoms with van der Waals surface area (Å²) in [6.07, 6.45) is 1.52. The van der Waals surface area contributed by atoms with Crippen LogP contribution in [0, 0.1) is 6.92 Å². The molecular formula is C11H9O3. The molecule has 0 fully saturated rings.